The van der Waals surface area contributed by atoms with E-state index in [9.17, 15) is 4.79 Å². The van der Waals surface area contributed by atoms with E-state index in [1.165, 1.54) is 17.3 Å². The Bertz CT molecular complexity index is 883. The van der Waals surface area contributed by atoms with Gasteiger partial charge in [-0.3, -0.25) is 9.48 Å². The SMILES string of the molecule is CC(C)n1cc(-c2[nH]c3ncnn3c(=O)c2C2CCC2)cn1. The molecule has 1 N–H and O–H groups in total. The number of nitrogens with one attached hydrogen (secondary N) is 1. The highest BCUT2D eigenvalue weighted by Gasteiger charge is 2.28. The van der Waals surface area contributed by atoms with E-state index in [0.717, 1.165) is 29.7 Å². The number of aromatic nitrogens is 6. The summed E-state index contributed by atoms with van der Waals surface area (Å²) in [5, 5.41) is 8.41. The summed E-state index contributed by atoms with van der Waals surface area (Å²) >= 11 is 0. The maximum Gasteiger partial charge on any atom is 0.279 e. The van der Waals surface area contributed by atoms with Crippen molar-refractivity contribution in [2.45, 2.75) is 45.1 Å². The molecular weight excluding hydrogens is 280 g/mol. The highest BCUT2D eigenvalue weighted by Crippen LogP contribution is 2.38. The van der Waals surface area contributed by atoms with Gasteiger partial charge in [-0.05, 0) is 32.6 Å². The third kappa shape index (κ3) is 1.88. The number of fused-ring (bicyclic) bond motifs is 1. The van der Waals surface area contributed by atoms with Crippen LogP contribution in [0.5, 0.6) is 0 Å². The molecule has 1 aliphatic rings. The molecule has 0 saturated heterocycles. The van der Waals surface area contributed by atoms with Crippen molar-refractivity contribution < 1.29 is 0 Å². The van der Waals surface area contributed by atoms with Crippen molar-refractivity contribution in [2.24, 2.45) is 0 Å². The molecule has 7 heteroatoms. The number of H-pyrrole nitrogens is 1. The lowest BCUT2D eigenvalue weighted by molar-refractivity contribution is 0.415. The van der Waals surface area contributed by atoms with Crippen LogP contribution in [0, 0.1) is 0 Å². The maximum atomic E-state index is 12.8. The Kier molecular flexibility index (Phi) is 2.88. The number of hydrogen-bond donors (Lipinski definition) is 1. The Morgan fingerprint density at radius 1 is 1.32 bits per heavy atom. The number of hydrogen-bond acceptors (Lipinski definition) is 4. The first-order chi connectivity index (χ1) is 10.6. The van der Waals surface area contributed by atoms with Crippen molar-refractivity contribution in [3.63, 3.8) is 0 Å². The van der Waals surface area contributed by atoms with E-state index in [1.807, 2.05) is 10.9 Å². The minimum atomic E-state index is -0.0664. The number of rotatable bonds is 3. The molecule has 0 amide bonds. The zero-order valence-corrected chi connectivity index (χ0v) is 12.7. The molecule has 3 aromatic rings. The van der Waals surface area contributed by atoms with Crippen molar-refractivity contribution in [3.8, 4) is 11.3 Å². The second-order valence-electron chi connectivity index (χ2n) is 6.14. The third-order valence-electron chi connectivity index (χ3n) is 4.41. The topological polar surface area (TPSA) is 80.9 Å². The largest absolute Gasteiger partial charge is 0.323 e. The summed E-state index contributed by atoms with van der Waals surface area (Å²) in [5.74, 6) is 0.773. The van der Waals surface area contributed by atoms with Gasteiger partial charge in [-0.15, -0.1) is 0 Å². The van der Waals surface area contributed by atoms with Gasteiger partial charge < -0.3 is 4.98 Å². The van der Waals surface area contributed by atoms with E-state index < -0.39 is 0 Å². The van der Waals surface area contributed by atoms with Gasteiger partial charge in [0.2, 0.25) is 5.78 Å². The summed E-state index contributed by atoms with van der Waals surface area (Å²) in [6, 6.07) is 0.282. The van der Waals surface area contributed by atoms with E-state index in [0.29, 0.717) is 11.7 Å². The normalized spacial score (nSPS) is 15.6. The lowest BCUT2D eigenvalue weighted by Crippen LogP contribution is -2.26. The van der Waals surface area contributed by atoms with Crippen LogP contribution in [0.3, 0.4) is 0 Å². The predicted molar refractivity (Wildman–Crippen MR) is 81.8 cm³/mol. The van der Waals surface area contributed by atoms with Crippen LogP contribution in [0.2, 0.25) is 0 Å². The molecule has 3 aromatic heterocycles. The molecule has 4 rings (SSSR count). The van der Waals surface area contributed by atoms with Crippen LogP contribution >= 0.6 is 0 Å². The second-order valence-corrected chi connectivity index (χ2v) is 6.14. The molecule has 0 atom stereocenters. The van der Waals surface area contributed by atoms with Crippen molar-refractivity contribution in [3.05, 3.63) is 34.6 Å². The first-order valence-corrected chi connectivity index (χ1v) is 7.65. The second kappa shape index (κ2) is 4.79. The molecule has 0 aromatic carbocycles. The number of aromatic amines is 1. The van der Waals surface area contributed by atoms with E-state index in [2.05, 4.69) is 34.0 Å². The molecule has 22 heavy (non-hydrogen) atoms. The zero-order valence-electron chi connectivity index (χ0n) is 12.7. The van der Waals surface area contributed by atoms with Crippen LogP contribution in [0.1, 0.15) is 50.6 Å². The van der Waals surface area contributed by atoms with Crippen LogP contribution in [0.4, 0.5) is 0 Å². The lowest BCUT2D eigenvalue weighted by Gasteiger charge is -2.26. The molecule has 0 aliphatic heterocycles. The van der Waals surface area contributed by atoms with Crippen molar-refractivity contribution >= 4 is 5.78 Å². The Balaban J connectivity index is 1.96. The molecule has 1 aliphatic carbocycles. The molecular formula is C15H18N6O. The fraction of sp³-hybridized carbons (Fsp3) is 0.467. The summed E-state index contributed by atoms with van der Waals surface area (Å²) in [6.07, 6.45) is 8.46. The highest BCUT2D eigenvalue weighted by atomic mass is 16.1. The fourth-order valence-corrected chi connectivity index (χ4v) is 2.93. The summed E-state index contributed by atoms with van der Waals surface area (Å²) in [4.78, 5) is 20.2. The van der Waals surface area contributed by atoms with Crippen LogP contribution in [0.15, 0.2) is 23.5 Å². The molecule has 7 nitrogen and oxygen atoms in total. The Morgan fingerprint density at radius 3 is 2.77 bits per heavy atom. The smallest absolute Gasteiger partial charge is 0.279 e. The van der Waals surface area contributed by atoms with Crippen molar-refractivity contribution in [1.29, 1.82) is 0 Å². The minimum absolute atomic E-state index is 0.0664. The zero-order chi connectivity index (χ0) is 15.3. The maximum absolute atomic E-state index is 12.8. The molecule has 114 valence electrons. The third-order valence-corrected chi connectivity index (χ3v) is 4.41. The predicted octanol–water partition coefficient (Wildman–Crippen LogP) is 2.13. The van der Waals surface area contributed by atoms with Gasteiger partial charge in [0.05, 0.1) is 11.9 Å². The average Bonchev–Trinajstić information content (AvgIpc) is 3.07. The van der Waals surface area contributed by atoms with Crippen molar-refractivity contribution in [2.75, 3.05) is 0 Å². The number of nitrogens with zero attached hydrogens (tertiary/aromatic N) is 5. The van der Waals surface area contributed by atoms with E-state index in [-0.39, 0.29) is 11.6 Å². The molecule has 0 radical (unpaired) electrons. The Labute approximate surface area is 127 Å². The standard InChI is InChI=1S/C15H18N6O/c1-9(2)20-7-11(6-17-20)13-12(10-4-3-5-10)14(22)21-15(19-13)16-8-18-21/h6-10H,3-5H2,1-2H3,(H,16,18,19). The molecule has 0 spiro atoms. The first kappa shape index (κ1) is 13.2. The molecule has 3 heterocycles. The van der Waals surface area contributed by atoms with Gasteiger partial charge in [-0.25, -0.2) is 0 Å². The highest BCUT2D eigenvalue weighted by molar-refractivity contribution is 5.64. The molecule has 0 bridgehead atoms. The van der Waals surface area contributed by atoms with Crippen LogP contribution in [-0.4, -0.2) is 29.4 Å². The van der Waals surface area contributed by atoms with E-state index in [4.69, 9.17) is 0 Å². The first-order valence-electron chi connectivity index (χ1n) is 7.65. The molecule has 0 unspecified atom stereocenters. The van der Waals surface area contributed by atoms with Crippen molar-refractivity contribution in [1.82, 2.24) is 29.4 Å². The summed E-state index contributed by atoms with van der Waals surface area (Å²) in [5.41, 5.74) is 2.51. The average molecular weight is 298 g/mol. The van der Waals surface area contributed by atoms with Gasteiger partial charge in [0.15, 0.2) is 0 Å². The summed E-state index contributed by atoms with van der Waals surface area (Å²) in [6.45, 7) is 4.15. The molecule has 1 fully saturated rings. The van der Waals surface area contributed by atoms with Crippen LogP contribution in [-0.2, 0) is 0 Å². The van der Waals surface area contributed by atoms with Gasteiger partial charge in [0, 0.05) is 23.4 Å². The van der Waals surface area contributed by atoms with Crippen LogP contribution in [0.25, 0.3) is 17.0 Å². The monoisotopic (exact) mass is 298 g/mol. The van der Waals surface area contributed by atoms with Gasteiger partial charge in [-0.1, -0.05) is 6.42 Å². The van der Waals surface area contributed by atoms with Gasteiger partial charge >= 0.3 is 0 Å². The van der Waals surface area contributed by atoms with Crippen LogP contribution < -0.4 is 5.56 Å². The van der Waals surface area contributed by atoms with Gasteiger partial charge in [0.1, 0.15) is 6.33 Å². The quantitative estimate of drug-likeness (QED) is 0.803. The summed E-state index contributed by atoms with van der Waals surface area (Å²) < 4.78 is 3.25. The lowest BCUT2D eigenvalue weighted by atomic mass is 9.79. The fourth-order valence-electron chi connectivity index (χ4n) is 2.93. The minimum Gasteiger partial charge on any atom is -0.323 e. The summed E-state index contributed by atoms with van der Waals surface area (Å²) in [7, 11) is 0. The van der Waals surface area contributed by atoms with Gasteiger partial charge in [0.25, 0.3) is 5.56 Å². The molecule has 1 saturated carbocycles. The van der Waals surface area contributed by atoms with E-state index in [1.54, 1.807) is 6.20 Å². The Morgan fingerprint density at radius 2 is 2.14 bits per heavy atom. The van der Waals surface area contributed by atoms with Gasteiger partial charge in [-0.2, -0.15) is 19.7 Å². The van der Waals surface area contributed by atoms with E-state index >= 15 is 0 Å². The Hall–Kier alpha value is -2.44.